The first-order valence-electron chi connectivity index (χ1n) is 7.27. The van der Waals surface area contributed by atoms with Crippen LogP contribution in [0.1, 0.15) is 21.7 Å². The first-order valence-corrected chi connectivity index (χ1v) is 8.15. The maximum atomic E-state index is 11.7. The van der Waals surface area contributed by atoms with E-state index in [2.05, 4.69) is 5.32 Å². The molecule has 1 heterocycles. The lowest BCUT2D eigenvalue weighted by Crippen LogP contribution is -2.24. The normalized spacial score (nSPS) is 10.2. The van der Waals surface area contributed by atoms with Crippen molar-refractivity contribution in [2.45, 2.75) is 12.8 Å². The number of carbonyl (C=O) groups excluding carboxylic acids is 2. The van der Waals surface area contributed by atoms with Gasteiger partial charge in [0.15, 0.2) is 0 Å². The SMILES string of the molecule is O=C(Cc1ccccc1[N+](=O)[O-])OCCCNC(=O)c1cccs1. The van der Waals surface area contributed by atoms with E-state index in [4.69, 9.17) is 4.74 Å². The highest BCUT2D eigenvalue weighted by molar-refractivity contribution is 7.12. The Balaban J connectivity index is 1.69. The summed E-state index contributed by atoms with van der Waals surface area (Å²) in [6.07, 6.45) is 0.318. The molecule has 0 radical (unpaired) electrons. The van der Waals surface area contributed by atoms with Gasteiger partial charge in [0.05, 0.1) is 22.8 Å². The van der Waals surface area contributed by atoms with Crippen LogP contribution in [0.4, 0.5) is 5.69 Å². The Morgan fingerprint density at radius 3 is 2.71 bits per heavy atom. The number of rotatable bonds is 8. The minimum Gasteiger partial charge on any atom is -0.465 e. The Morgan fingerprint density at radius 1 is 1.21 bits per heavy atom. The number of nitro benzene ring substituents is 1. The molecule has 1 aromatic heterocycles. The summed E-state index contributed by atoms with van der Waals surface area (Å²) < 4.78 is 5.04. The molecule has 1 aromatic carbocycles. The number of para-hydroxylation sites is 1. The predicted octanol–water partition coefficient (Wildman–Crippen LogP) is 2.56. The highest BCUT2D eigenvalue weighted by Gasteiger charge is 2.16. The van der Waals surface area contributed by atoms with Gasteiger partial charge in [-0.3, -0.25) is 19.7 Å². The van der Waals surface area contributed by atoms with Crippen LogP contribution in [-0.4, -0.2) is 30.0 Å². The molecule has 0 saturated heterocycles. The van der Waals surface area contributed by atoms with Crippen LogP contribution in [0.3, 0.4) is 0 Å². The zero-order valence-corrected chi connectivity index (χ0v) is 13.6. The van der Waals surface area contributed by atoms with E-state index in [1.807, 2.05) is 5.38 Å². The molecule has 0 atom stereocenters. The zero-order chi connectivity index (χ0) is 17.4. The van der Waals surface area contributed by atoms with Gasteiger partial charge in [-0.1, -0.05) is 24.3 Å². The topological polar surface area (TPSA) is 98.5 Å². The third kappa shape index (κ3) is 5.17. The summed E-state index contributed by atoms with van der Waals surface area (Å²) in [6, 6.07) is 9.58. The molecule has 0 fully saturated rings. The average molecular weight is 348 g/mol. The van der Waals surface area contributed by atoms with Crippen molar-refractivity contribution < 1.29 is 19.2 Å². The van der Waals surface area contributed by atoms with Gasteiger partial charge in [0.2, 0.25) is 0 Å². The fourth-order valence-corrected chi connectivity index (χ4v) is 2.64. The molecule has 0 bridgehead atoms. The number of nitrogens with one attached hydrogen (secondary N) is 1. The second-order valence-electron chi connectivity index (χ2n) is 4.87. The summed E-state index contributed by atoms with van der Waals surface area (Å²) in [4.78, 5) is 34.4. The third-order valence-corrected chi connectivity index (χ3v) is 4.01. The minimum absolute atomic E-state index is 0.0994. The summed E-state index contributed by atoms with van der Waals surface area (Å²) in [5, 5.41) is 15.4. The second kappa shape index (κ2) is 8.78. The van der Waals surface area contributed by atoms with Gasteiger partial charge < -0.3 is 10.1 Å². The highest BCUT2D eigenvalue weighted by Crippen LogP contribution is 2.18. The molecule has 7 nitrogen and oxygen atoms in total. The maximum Gasteiger partial charge on any atom is 0.310 e. The van der Waals surface area contributed by atoms with Crippen LogP contribution in [0.25, 0.3) is 0 Å². The van der Waals surface area contributed by atoms with E-state index in [1.165, 1.54) is 23.5 Å². The first kappa shape index (κ1) is 17.6. The molecule has 0 saturated carbocycles. The molecule has 2 rings (SSSR count). The summed E-state index contributed by atoms with van der Waals surface area (Å²) in [6.45, 7) is 0.527. The number of nitro groups is 1. The van der Waals surface area contributed by atoms with Crippen LogP contribution in [0, 0.1) is 10.1 Å². The Morgan fingerprint density at radius 2 is 2.00 bits per heavy atom. The van der Waals surface area contributed by atoms with Gasteiger partial charge in [0.25, 0.3) is 11.6 Å². The lowest BCUT2D eigenvalue weighted by Gasteiger charge is -2.06. The number of hydrogen-bond acceptors (Lipinski definition) is 6. The van der Waals surface area contributed by atoms with E-state index < -0.39 is 10.9 Å². The van der Waals surface area contributed by atoms with Crippen molar-refractivity contribution in [2.75, 3.05) is 13.2 Å². The summed E-state index contributed by atoms with van der Waals surface area (Å²) >= 11 is 1.35. The zero-order valence-electron chi connectivity index (χ0n) is 12.8. The van der Waals surface area contributed by atoms with Gasteiger partial charge in [-0.15, -0.1) is 11.3 Å². The molecule has 1 amide bonds. The van der Waals surface area contributed by atoms with Gasteiger partial charge >= 0.3 is 5.97 Å². The number of benzene rings is 1. The van der Waals surface area contributed by atoms with E-state index in [1.54, 1.807) is 24.3 Å². The third-order valence-electron chi connectivity index (χ3n) is 3.14. The molecular weight excluding hydrogens is 332 g/mol. The van der Waals surface area contributed by atoms with Crippen LogP contribution in [0.15, 0.2) is 41.8 Å². The molecule has 0 unspecified atom stereocenters. The number of nitrogens with zero attached hydrogens (tertiary/aromatic N) is 1. The molecule has 1 N–H and O–H groups in total. The lowest BCUT2D eigenvalue weighted by molar-refractivity contribution is -0.385. The van der Waals surface area contributed by atoms with E-state index >= 15 is 0 Å². The van der Waals surface area contributed by atoms with Crippen LogP contribution < -0.4 is 5.32 Å². The van der Waals surface area contributed by atoms with Gasteiger partial charge in [-0.05, 0) is 17.9 Å². The molecule has 0 aliphatic heterocycles. The van der Waals surface area contributed by atoms with E-state index in [0.29, 0.717) is 23.4 Å². The quantitative estimate of drug-likeness (QED) is 0.342. The van der Waals surface area contributed by atoms with Crippen molar-refractivity contribution in [3.63, 3.8) is 0 Å². The monoisotopic (exact) mass is 348 g/mol. The van der Waals surface area contributed by atoms with E-state index in [0.717, 1.165) is 0 Å². The fraction of sp³-hybridized carbons (Fsp3) is 0.250. The van der Waals surface area contributed by atoms with Crippen molar-refractivity contribution in [1.82, 2.24) is 5.32 Å². The van der Waals surface area contributed by atoms with Crippen molar-refractivity contribution in [3.8, 4) is 0 Å². The molecule has 0 spiro atoms. The first-order chi connectivity index (χ1) is 11.6. The number of amides is 1. The van der Waals surface area contributed by atoms with Crippen molar-refractivity contribution in [2.24, 2.45) is 0 Å². The van der Waals surface area contributed by atoms with Crippen LogP contribution >= 0.6 is 11.3 Å². The minimum atomic E-state index is -0.533. The van der Waals surface area contributed by atoms with Gasteiger partial charge in [0, 0.05) is 18.2 Å². The molecule has 0 aliphatic carbocycles. The van der Waals surface area contributed by atoms with Crippen molar-refractivity contribution >= 4 is 28.9 Å². The van der Waals surface area contributed by atoms with Crippen LogP contribution in [-0.2, 0) is 16.0 Å². The average Bonchev–Trinajstić information content (AvgIpc) is 3.09. The fourth-order valence-electron chi connectivity index (χ4n) is 2.00. The van der Waals surface area contributed by atoms with E-state index in [9.17, 15) is 19.7 Å². The van der Waals surface area contributed by atoms with Crippen LogP contribution in [0.2, 0.25) is 0 Å². The molecule has 0 aliphatic rings. The van der Waals surface area contributed by atoms with Gasteiger partial charge in [-0.25, -0.2) is 0 Å². The Labute approximate surface area is 142 Å². The molecule has 24 heavy (non-hydrogen) atoms. The smallest absolute Gasteiger partial charge is 0.310 e. The summed E-state index contributed by atoms with van der Waals surface area (Å²) in [5.74, 6) is -0.690. The molecule has 2 aromatic rings. The van der Waals surface area contributed by atoms with Crippen molar-refractivity contribution in [1.29, 1.82) is 0 Å². The molecular formula is C16H16N2O5S. The number of thiophene rings is 1. The predicted molar refractivity (Wildman–Crippen MR) is 89.0 cm³/mol. The number of ether oxygens (including phenoxy) is 1. The van der Waals surface area contributed by atoms with Crippen molar-refractivity contribution in [3.05, 3.63) is 62.3 Å². The Hall–Kier alpha value is -2.74. The Bertz CT molecular complexity index is 715. The highest BCUT2D eigenvalue weighted by atomic mass is 32.1. The number of esters is 1. The van der Waals surface area contributed by atoms with Crippen LogP contribution in [0.5, 0.6) is 0 Å². The number of hydrogen-bond donors (Lipinski definition) is 1. The van der Waals surface area contributed by atoms with E-state index in [-0.39, 0.29) is 24.6 Å². The number of carbonyl (C=O) groups is 2. The summed E-state index contributed by atoms with van der Waals surface area (Å²) in [7, 11) is 0. The molecule has 126 valence electrons. The lowest BCUT2D eigenvalue weighted by atomic mass is 10.1. The second-order valence-corrected chi connectivity index (χ2v) is 5.82. The largest absolute Gasteiger partial charge is 0.465 e. The Kier molecular flexibility index (Phi) is 6.44. The maximum absolute atomic E-state index is 11.7. The van der Waals surface area contributed by atoms with Gasteiger partial charge in [-0.2, -0.15) is 0 Å². The van der Waals surface area contributed by atoms with Gasteiger partial charge in [0.1, 0.15) is 0 Å². The molecule has 8 heteroatoms. The summed E-state index contributed by atoms with van der Waals surface area (Å²) in [5.41, 5.74) is 0.219. The standard InChI is InChI=1S/C16H16N2O5S/c19-15(11-12-5-1-2-6-13(12)18(21)22)23-9-4-8-17-16(20)14-7-3-10-24-14/h1-3,5-7,10H,4,8-9,11H2,(H,17,20).